The van der Waals surface area contributed by atoms with E-state index in [1.54, 1.807) is 35.9 Å². The Bertz CT molecular complexity index is 677. The summed E-state index contributed by atoms with van der Waals surface area (Å²) < 4.78 is 1.62. The van der Waals surface area contributed by atoms with E-state index in [-0.39, 0.29) is 24.4 Å². The molecule has 0 atom stereocenters. The maximum absolute atomic E-state index is 12.4. The summed E-state index contributed by atoms with van der Waals surface area (Å²) in [6.07, 6.45) is 2.83. The van der Waals surface area contributed by atoms with Gasteiger partial charge in [0.15, 0.2) is 5.82 Å². The Kier molecular flexibility index (Phi) is 4.04. The first-order valence-electron chi connectivity index (χ1n) is 7.91. The van der Waals surface area contributed by atoms with Crippen LogP contribution in [-0.2, 0) is 16.6 Å². The van der Waals surface area contributed by atoms with Crippen molar-refractivity contribution in [3.05, 3.63) is 12.3 Å². The zero-order valence-corrected chi connectivity index (χ0v) is 14.2. The third-order valence-electron chi connectivity index (χ3n) is 4.95. The smallest absolute Gasteiger partial charge is 0.312 e. The molecule has 1 N–H and O–H groups in total. The van der Waals surface area contributed by atoms with Crippen LogP contribution in [0.25, 0.3) is 0 Å². The van der Waals surface area contributed by atoms with Crippen LogP contribution in [-0.4, -0.2) is 81.6 Å². The lowest BCUT2D eigenvalue weighted by Crippen LogP contribution is -2.56. The Labute approximate surface area is 140 Å². The van der Waals surface area contributed by atoms with E-state index in [0.29, 0.717) is 31.7 Å². The van der Waals surface area contributed by atoms with Crippen LogP contribution in [0, 0.1) is 0 Å². The minimum Gasteiger partial charge on any atom is -0.312 e. The van der Waals surface area contributed by atoms with E-state index >= 15 is 0 Å². The Hall–Kier alpha value is -2.42. The highest BCUT2D eigenvalue weighted by Crippen LogP contribution is 2.35. The highest BCUT2D eigenvalue weighted by Gasteiger charge is 2.55. The van der Waals surface area contributed by atoms with E-state index in [9.17, 15) is 14.4 Å². The van der Waals surface area contributed by atoms with E-state index in [0.717, 1.165) is 0 Å². The Morgan fingerprint density at radius 3 is 2.42 bits per heavy atom. The molecule has 3 rings (SSSR count). The van der Waals surface area contributed by atoms with Gasteiger partial charge < -0.3 is 10.2 Å². The van der Waals surface area contributed by atoms with Gasteiger partial charge in [-0.3, -0.25) is 24.1 Å². The summed E-state index contributed by atoms with van der Waals surface area (Å²) in [4.78, 5) is 41.2. The summed E-state index contributed by atoms with van der Waals surface area (Å²) >= 11 is 0. The van der Waals surface area contributed by atoms with E-state index < -0.39 is 5.54 Å². The third-order valence-corrected chi connectivity index (χ3v) is 4.95. The van der Waals surface area contributed by atoms with Gasteiger partial charge in [-0.05, 0) is 12.8 Å². The molecule has 24 heavy (non-hydrogen) atoms. The fraction of sp³-hybridized carbons (Fsp3) is 0.600. The molecular weight excluding hydrogens is 312 g/mol. The number of rotatable bonds is 3. The fourth-order valence-electron chi connectivity index (χ4n) is 3.45. The lowest BCUT2D eigenvalue weighted by atomic mass is 9.86. The van der Waals surface area contributed by atoms with Crippen molar-refractivity contribution in [2.75, 3.05) is 39.0 Å². The molecule has 4 amide bonds. The van der Waals surface area contributed by atoms with Crippen molar-refractivity contribution in [3.8, 4) is 0 Å². The number of hydrogen-bond donors (Lipinski definition) is 1. The fourth-order valence-corrected chi connectivity index (χ4v) is 3.45. The van der Waals surface area contributed by atoms with E-state index in [2.05, 4.69) is 10.4 Å². The number of amides is 4. The molecule has 0 aliphatic carbocycles. The normalized spacial score (nSPS) is 21.0. The minimum atomic E-state index is -0.750. The molecule has 2 aliphatic heterocycles. The second-order valence-electron chi connectivity index (χ2n) is 6.44. The number of likely N-dealkylation sites (tertiary alicyclic amines) is 1. The van der Waals surface area contributed by atoms with Crippen LogP contribution in [0.2, 0.25) is 0 Å². The van der Waals surface area contributed by atoms with E-state index in [1.807, 2.05) is 4.90 Å². The number of carbonyl (C=O) groups excluding carboxylic acids is 3. The predicted molar refractivity (Wildman–Crippen MR) is 86.2 cm³/mol. The number of nitrogens with one attached hydrogen (secondary N) is 1. The van der Waals surface area contributed by atoms with Crippen LogP contribution in [0.15, 0.2) is 12.3 Å². The summed E-state index contributed by atoms with van der Waals surface area (Å²) in [5.74, 6) is 0.241. The van der Waals surface area contributed by atoms with Gasteiger partial charge in [0.25, 0.3) is 5.91 Å². The van der Waals surface area contributed by atoms with Crippen LogP contribution in [0.3, 0.4) is 0 Å². The molecule has 2 aliphatic rings. The van der Waals surface area contributed by atoms with Gasteiger partial charge >= 0.3 is 6.03 Å². The number of aryl methyl sites for hydroxylation is 1. The molecule has 1 spiro atoms. The van der Waals surface area contributed by atoms with E-state index in [4.69, 9.17) is 0 Å². The molecule has 0 saturated carbocycles. The lowest BCUT2D eigenvalue weighted by molar-refractivity contribution is -0.134. The second-order valence-corrected chi connectivity index (χ2v) is 6.44. The van der Waals surface area contributed by atoms with Crippen molar-refractivity contribution in [1.29, 1.82) is 0 Å². The van der Waals surface area contributed by atoms with Crippen LogP contribution in [0.4, 0.5) is 10.6 Å². The average Bonchev–Trinajstić information content (AvgIpc) is 3.02. The van der Waals surface area contributed by atoms with Crippen molar-refractivity contribution >= 4 is 23.7 Å². The second kappa shape index (κ2) is 5.90. The topological polar surface area (TPSA) is 90.8 Å². The van der Waals surface area contributed by atoms with Gasteiger partial charge in [-0.1, -0.05) is 0 Å². The van der Waals surface area contributed by atoms with Crippen LogP contribution in [0.1, 0.15) is 12.8 Å². The number of nitrogens with zero attached hydrogens (tertiary/aromatic N) is 5. The third kappa shape index (κ3) is 2.64. The molecule has 9 nitrogen and oxygen atoms in total. The quantitative estimate of drug-likeness (QED) is 0.768. The molecule has 1 aromatic rings. The van der Waals surface area contributed by atoms with Crippen molar-refractivity contribution in [1.82, 2.24) is 24.5 Å². The van der Waals surface area contributed by atoms with Crippen LogP contribution >= 0.6 is 0 Å². The molecule has 2 fully saturated rings. The summed E-state index contributed by atoms with van der Waals surface area (Å²) in [7, 11) is 4.98. The standard InChI is InChI=1S/C15H22N6O3/c1-18-7-4-11(17-18)16-12(22)10-21-8-5-15(6-9-21)13(23)19(2)14(24)20(15)3/h4,7H,5-6,8-10H2,1-3H3,(H,16,17,22). The van der Waals surface area contributed by atoms with E-state index in [1.165, 1.54) is 11.9 Å². The van der Waals surface area contributed by atoms with Crippen molar-refractivity contribution in [2.45, 2.75) is 18.4 Å². The Morgan fingerprint density at radius 2 is 1.92 bits per heavy atom. The summed E-state index contributed by atoms with van der Waals surface area (Å²) in [5, 5.41) is 6.86. The molecule has 130 valence electrons. The summed E-state index contributed by atoms with van der Waals surface area (Å²) in [5.41, 5.74) is -0.750. The van der Waals surface area contributed by atoms with Gasteiger partial charge in [0, 0.05) is 46.5 Å². The number of hydrogen-bond acceptors (Lipinski definition) is 5. The Balaban J connectivity index is 1.56. The highest BCUT2D eigenvalue weighted by atomic mass is 16.2. The number of likely N-dealkylation sites (N-methyl/N-ethyl adjacent to an activating group) is 2. The molecule has 2 saturated heterocycles. The first-order chi connectivity index (χ1) is 11.3. The van der Waals surface area contributed by atoms with Crippen LogP contribution < -0.4 is 5.32 Å². The van der Waals surface area contributed by atoms with Gasteiger partial charge in [0.1, 0.15) is 5.54 Å². The molecule has 0 bridgehead atoms. The van der Waals surface area contributed by atoms with Gasteiger partial charge in [-0.15, -0.1) is 0 Å². The van der Waals surface area contributed by atoms with Gasteiger partial charge in [0.05, 0.1) is 6.54 Å². The van der Waals surface area contributed by atoms with Crippen LogP contribution in [0.5, 0.6) is 0 Å². The van der Waals surface area contributed by atoms with Crippen molar-refractivity contribution in [2.24, 2.45) is 7.05 Å². The van der Waals surface area contributed by atoms with Gasteiger partial charge in [0.2, 0.25) is 5.91 Å². The minimum absolute atomic E-state index is 0.135. The molecule has 9 heteroatoms. The monoisotopic (exact) mass is 334 g/mol. The van der Waals surface area contributed by atoms with Crippen molar-refractivity contribution < 1.29 is 14.4 Å². The first kappa shape index (κ1) is 16.4. The van der Waals surface area contributed by atoms with Gasteiger partial charge in [-0.25, -0.2) is 4.79 Å². The predicted octanol–water partition coefficient (Wildman–Crippen LogP) is -0.283. The molecule has 0 aromatic carbocycles. The molecule has 0 unspecified atom stereocenters. The Morgan fingerprint density at radius 1 is 1.25 bits per heavy atom. The first-order valence-corrected chi connectivity index (χ1v) is 7.91. The zero-order chi connectivity index (χ0) is 17.5. The highest BCUT2D eigenvalue weighted by molar-refractivity contribution is 6.06. The molecule has 0 radical (unpaired) electrons. The van der Waals surface area contributed by atoms with Crippen molar-refractivity contribution in [3.63, 3.8) is 0 Å². The summed E-state index contributed by atoms with van der Waals surface area (Å²) in [6, 6.07) is 1.47. The number of aromatic nitrogens is 2. The SMILES string of the molecule is CN1C(=O)N(C)C2(CCN(CC(=O)Nc3ccn(C)n3)CC2)C1=O. The number of urea groups is 1. The number of piperidine rings is 1. The zero-order valence-electron chi connectivity index (χ0n) is 14.2. The molecular formula is C15H22N6O3. The maximum Gasteiger partial charge on any atom is 0.327 e. The molecule has 3 heterocycles. The average molecular weight is 334 g/mol. The largest absolute Gasteiger partial charge is 0.327 e. The number of imide groups is 1. The van der Waals surface area contributed by atoms with Gasteiger partial charge in [-0.2, -0.15) is 5.10 Å². The lowest BCUT2D eigenvalue weighted by Gasteiger charge is -2.40. The number of carbonyl (C=O) groups is 3. The molecule has 1 aromatic heterocycles. The summed E-state index contributed by atoms with van der Waals surface area (Å²) in [6.45, 7) is 1.42. The number of anilines is 1. The maximum atomic E-state index is 12.4.